The van der Waals surface area contributed by atoms with Crippen molar-refractivity contribution in [1.29, 1.82) is 0 Å². The van der Waals surface area contributed by atoms with Crippen LogP contribution in [0.4, 0.5) is 5.69 Å². The zero-order valence-corrected chi connectivity index (χ0v) is 12.3. The van der Waals surface area contributed by atoms with Crippen molar-refractivity contribution in [2.45, 2.75) is 39.5 Å². The molecule has 0 aliphatic carbocycles. The number of nitrogens with zero attached hydrogens (tertiary/aromatic N) is 1. The fourth-order valence-electron chi connectivity index (χ4n) is 2.32. The number of anilines is 1. The molecular formula is C13H22ClN3O2. The van der Waals surface area contributed by atoms with E-state index in [-0.39, 0.29) is 18.3 Å². The van der Waals surface area contributed by atoms with E-state index >= 15 is 0 Å². The Kier molecular flexibility index (Phi) is 6.31. The fraction of sp³-hybridized carbons (Fsp3) is 0.692. The molecule has 2 N–H and O–H groups in total. The van der Waals surface area contributed by atoms with E-state index in [1.807, 2.05) is 13.8 Å². The van der Waals surface area contributed by atoms with Crippen LogP contribution in [-0.2, 0) is 11.2 Å². The Morgan fingerprint density at radius 3 is 3.00 bits per heavy atom. The lowest BCUT2D eigenvalue weighted by Crippen LogP contribution is -2.15. The van der Waals surface area contributed by atoms with Gasteiger partial charge < -0.3 is 15.2 Å². The van der Waals surface area contributed by atoms with Crippen molar-refractivity contribution in [3.05, 3.63) is 11.5 Å². The molecule has 2 rings (SSSR count). The minimum atomic E-state index is 0. The van der Waals surface area contributed by atoms with Crippen molar-refractivity contribution in [2.75, 3.05) is 18.4 Å². The standard InChI is InChI=1S/C13H21N3O2.ClH/c1-3-11-13(9(2)18-16-11)15-12(17)5-4-10-6-7-14-8-10;/h10,14H,3-8H2,1-2H3,(H,15,17);1H. The largest absolute Gasteiger partial charge is 0.359 e. The number of hydrogen-bond donors (Lipinski definition) is 2. The summed E-state index contributed by atoms with van der Waals surface area (Å²) in [6.45, 7) is 5.94. The van der Waals surface area contributed by atoms with Gasteiger partial charge in [-0.3, -0.25) is 4.79 Å². The average molecular weight is 288 g/mol. The average Bonchev–Trinajstić information content (AvgIpc) is 2.98. The molecule has 1 atom stereocenters. The van der Waals surface area contributed by atoms with Gasteiger partial charge in [-0.1, -0.05) is 12.1 Å². The Labute approximate surface area is 119 Å². The highest BCUT2D eigenvalue weighted by Crippen LogP contribution is 2.21. The van der Waals surface area contributed by atoms with Crippen LogP contribution in [0.25, 0.3) is 0 Å². The number of rotatable bonds is 5. The summed E-state index contributed by atoms with van der Waals surface area (Å²) < 4.78 is 5.09. The maximum atomic E-state index is 11.9. The number of hydrogen-bond acceptors (Lipinski definition) is 4. The minimum absolute atomic E-state index is 0. The maximum absolute atomic E-state index is 11.9. The van der Waals surface area contributed by atoms with Crippen LogP contribution in [0.1, 0.15) is 37.6 Å². The summed E-state index contributed by atoms with van der Waals surface area (Å²) in [5.74, 6) is 1.38. The number of carbonyl (C=O) groups is 1. The first-order valence-electron chi connectivity index (χ1n) is 6.66. The number of halogens is 1. The SMILES string of the molecule is CCc1noc(C)c1NC(=O)CCC1CCNC1.Cl. The third-order valence-corrected chi connectivity index (χ3v) is 3.47. The van der Waals surface area contributed by atoms with Crippen LogP contribution >= 0.6 is 12.4 Å². The molecule has 1 aliphatic heterocycles. The van der Waals surface area contributed by atoms with Crippen LogP contribution in [0, 0.1) is 12.8 Å². The molecule has 0 aromatic carbocycles. The Bertz CT molecular complexity index is 414. The van der Waals surface area contributed by atoms with Crippen molar-refractivity contribution < 1.29 is 9.32 Å². The van der Waals surface area contributed by atoms with Crippen LogP contribution in [0.2, 0.25) is 0 Å². The summed E-state index contributed by atoms with van der Waals surface area (Å²) in [5.41, 5.74) is 1.58. The summed E-state index contributed by atoms with van der Waals surface area (Å²) >= 11 is 0. The van der Waals surface area contributed by atoms with Crippen LogP contribution in [-0.4, -0.2) is 24.2 Å². The molecule has 0 bridgehead atoms. The Hall–Kier alpha value is -1.07. The van der Waals surface area contributed by atoms with E-state index in [9.17, 15) is 4.79 Å². The molecule has 19 heavy (non-hydrogen) atoms. The first kappa shape index (κ1) is 16.0. The van der Waals surface area contributed by atoms with Gasteiger partial charge in [0.25, 0.3) is 0 Å². The first-order valence-corrected chi connectivity index (χ1v) is 6.66. The van der Waals surface area contributed by atoms with Crippen molar-refractivity contribution in [2.24, 2.45) is 5.92 Å². The van der Waals surface area contributed by atoms with Gasteiger partial charge in [0, 0.05) is 6.42 Å². The van der Waals surface area contributed by atoms with Gasteiger partial charge in [0.05, 0.1) is 0 Å². The molecule has 108 valence electrons. The summed E-state index contributed by atoms with van der Waals surface area (Å²) in [6, 6.07) is 0. The van der Waals surface area contributed by atoms with Gasteiger partial charge in [-0.2, -0.15) is 0 Å². The lowest BCUT2D eigenvalue weighted by atomic mass is 10.0. The fourth-order valence-corrected chi connectivity index (χ4v) is 2.32. The van der Waals surface area contributed by atoms with E-state index in [4.69, 9.17) is 4.52 Å². The lowest BCUT2D eigenvalue weighted by molar-refractivity contribution is -0.116. The molecule has 2 heterocycles. The topological polar surface area (TPSA) is 67.2 Å². The van der Waals surface area contributed by atoms with Crippen molar-refractivity contribution in [1.82, 2.24) is 10.5 Å². The van der Waals surface area contributed by atoms with E-state index < -0.39 is 0 Å². The number of carbonyl (C=O) groups excluding carboxylic acids is 1. The van der Waals surface area contributed by atoms with Gasteiger partial charge in [0.1, 0.15) is 11.4 Å². The zero-order valence-electron chi connectivity index (χ0n) is 11.5. The highest BCUT2D eigenvalue weighted by Gasteiger charge is 2.18. The third kappa shape index (κ3) is 4.21. The molecule has 0 spiro atoms. The predicted molar refractivity (Wildman–Crippen MR) is 76.7 cm³/mol. The highest BCUT2D eigenvalue weighted by molar-refractivity contribution is 5.91. The highest BCUT2D eigenvalue weighted by atomic mass is 35.5. The summed E-state index contributed by atoms with van der Waals surface area (Å²) in [5, 5.41) is 10.2. The maximum Gasteiger partial charge on any atom is 0.224 e. The normalized spacial score (nSPS) is 18.1. The van der Waals surface area contributed by atoms with Gasteiger partial charge >= 0.3 is 0 Å². The quantitative estimate of drug-likeness (QED) is 0.872. The van der Waals surface area contributed by atoms with Gasteiger partial charge in [0.2, 0.25) is 5.91 Å². The Balaban J connectivity index is 0.00000180. The molecule has 5 nitrogen and oxygen atoms in total. The number of aromatic nitrogens is 1. The van der Waals surface area contributed by atoms with Crippen molar-refractivity contribution in [3.63, 3.8) is 0 Å². The summed E-state index contributed by atoms with van der Waals surface area (Å²) in [4.78, 5) is 11.9. The van der Waals surface area contributed by atoms with Gasteiger partial charge in [-0.05, 0) is 45.2 Å². The molecule has 1 saturated heterocycles. The third-order valence-electron chi connectivity index (χ3n) is 3.47. The first-order chi connectivity index (χ1) is 8.70. The molecule has 0 saturated carbocycles. The zero-order chi connectivity index (χ0) is 13.0. The van der Waals surface area contributed by atoms with Gasteiger partial charge in [0.15, 0.2) is 5.76 Å². The van der Waals surface area contributed by atoms with E-state index in [0.717, 1.165) is 37.3 Å². The molecule has 1 fully saturated rings. The lowest BCUT2D eigenvalue weighted by Gasteiger charge is -2.08. The molecular weight excluding hydrogens is 266 g/mol. The summed E-state index contributed by atoms with van der Waals surface area (Å²) in [6.07, 6.45) is 3.46. The molecule has 1 aromatic rings. The predicted octanol–water partition coefficient (Wildman–Crippen LogP) is 2.30. The van der Waals surface area contributed by atoms with E-state index in [1.54, 1.807) is 0 Å². The molecule has 1 aliphatic rings. The second kappa shape index (κ2) is 7.50. The Morgan fingerprint density at radius 1 is 1.58 bits per heavy atom. The minimum Gasteiger partial charge on any atom is -0.359 e. The van der Waals surface area contributed by atoms with E-state index in [0.29, 0.717) is 18.1 Å². The van der Waals surface area contributed by atoms with Crippen LogP contribution < -0.4 is 10.6 Å². The molecule has 0 radical (unpaired) electrons. The summed E-state index contributed by atoms with van der Waals surface area (Å²) in [7, 11) is 0. The van der Waals surface area contributed by atoms with Crippen molar-refractivity contribution >= 4 is 24.0 Å². The van der Waals surface area contributed by atoms with E-state index in [2.05, 4.69) is 15.8 Å². The van der Waals surface area contributed by atoms with Crippen LogP contribution in [0.3, 0.4) is 0 Å². The van der Waals surface area contributed by atoms with Crippen LogP contribution in [0.15, 0.2) is 4.52 Å². The molecule has 1 unspecified atom stereocenters. The van der Waals surface area contributed by atoms with Gasteiger partial charge in [-0.15, -0.1) is 12.4 Å². The Morgan fingerprint density at radius 2 is 2.37 bits per heavy atom. The van der Waals surface area contributed by atoms with E-state index in [1.165, 1.54) is 6.42 Å². The molecule has 1 aromatic heterocycles. The molecule has 1 amide bonds. The monoisotopic (exact) mass is 287 g/mol. The van der Waals surface area contributed by atoms with Crippen molar-refractivity contribution in [3.8, 4) is 0 Å². The van der Waals surface area contributed by atoms with Gasteiger partial charge in [-0.25, -0.2) is 0 Å². The number of amides is 1. The number of aryl methyl sites for hydroxylation is 2. The van der Waals surface area contributed by atoms with Crippen LogP contribution in [0.5, 0.6) is 0 Å². The molecule has 6 heteroatoms. The number of nitrogens with one attached hydrogen (secondary N) is 2. The smallest absolute Gasteiger partial charge is 0.224 e. The second-order valence-electron chi connectivity index (χ2n) is 4.86. The second-order valence-corrected chi connectivity index (χ2v) is 4.86.